The summed E-state index contributed by atoms with van der Waals surface area (Å²) in [5.74, 6) is 0.816. The van der Waals surface area contributed by atoms with E-state index in [-0.39, 0.29) is 5.78 Å². The molecule has 0 bridgehead atoms. The van der Waals surface area contributed by atoms with Gasteiger partial charge in [-0.2, -0.15) is 0 Å². The summed E-state index contributed by atoms with van der Waals surface area (Å²) in [5.41, 5.74) is 1.80. The van der Waals surface area contributed by atoms with Gasteiger partial charge in [-0.15, -0.1) is 0 Å². The second kappa shape index (κ2) is 5.54. The molecule has 0 fully saturated rings. The van der Waals surface area contributed by atoms with Crippen LogP contribution in [-0.2, 0) is 0 Å². The number of Topliss-reactive ketones (excluding diaryl/α,β-unsaturated/α-hetero) is 1. The summed E-state index contributed by atoms with van der Waals surface area (Å²) in [6.07, 6.45) is 1.14. The number of carbonyl (C=O) groups is 1. The van der Waals surface area contributed by atoms with Crippen molar-refractivity contribution in [3.8, 4) is 0 Å². The van der Waals surface area contributed by atoms with E-state index in [2.05, 4.69) is 19.2 Å². The Morgan fingerprint density at radius 3 is 2.73 bits per heavy atom. The van der Waals surface area contributed by atoms with Crippen LogP contribution in [0.5, 0.6) is 0 Å². The topological polar surface area (TPSA) is 29.1 Å². The molecule has 0 aliphatic rings. The summed E-state index contributed by atoms with van der Waals surface area (Å²) in [4.78, 5) is 11.2. The van der Waals surface area contributed by atoms with Gasteiger partial charge in [-0.25, -0.2) is 0 Å². The van der Waals surface area contributed by atoms with Crippen LogP contribution in [-0.4, -0.2) is 12.3 Å². The van der Waals surface area contributed by atoms with Crippen LogP contribution in [0.4, 0.5) is 5.69 Å². The molecule has 1 aromatic rings. The molecule has 1 rings (SSSR count). The highest BCUT2D eigenvalue weighted by Crippen LogP contribution is 2.11. The van der Waals surface area contributed by atoms with E-state index in [1.807, 2.05) is 24.3 Å². The largest absolute Gasteiger partial charge is 0.385 e. The number of hydrogen-bond donors (Lipinski definition) is 1. The second-order valence-corrected chi connectivity index (χ2v) is 4.25. The van der Waals surface area contributed by atoms with E-state index < -0.39 is 0 Å². The van der Waals surface area contributed by atoms with E-state index in [0.29, 0.717) is 5.92 Å². The fourth-order valence-electron chi connectivity index (χ4n) is 1.35. The van der Waals surface area contributed by atoms with Gasteiger partial charge in [0.15, 0.2) is 5.78 Å². The molecule has 2 nitrogen and oxygen atoms in total. The lowest BCUT2D eigenvalue weighted by Gasteiger charge is -2.08. The number of benzene rings is 1. The van der Waals surface area contributed by atoms with Gasteiger partial charge in [-0.3, -0.25) is 4.79 Å². The molecule has 1 N–H and O–H groups in total. The molecule has 0 aromatic heterocycles. The maximum Gasteiger partial charge on any atom is 0.159 e. The normalized spacial score (nSPS) is 10.4. The van der Waals surface area contributed by atoms with Crippen LogP contribution in [0.2, 0.25) is 0 Å². The molecule has 0 saturated carbocycles. The van der Waals surface area contributed by atoms with Crippen molar-refractivity contribution in [3.05, 3.63) is 29.8 Å². The standard InChI is InChI=1S/C13H19NO/c1-10(2)7-8-14-13-6-4-5-12(9-13)11(3)15/h4-6,9-10,14H,7-8H2,1-3H3. The second-order valence-electron chi connectivity index (χ2n) is 4.25. The highest BCUT2D eigenvalue weighted by Gasteiger charge is 2.00. The Morgan fingerprint density at radius 2 is 2.13 bits per heavy atom. The Balaban J connectivity index is 2.54. The van der Waals surface area contributed by atoms with Gasteiger partial charge in [0, 0.05) is 17.8 Å². The van der Waals surface area contributed by atoms with Crippen molar-refractivity contribution in [2.45, 2.75) is 27.2 Å². The fraction of sp³-hybridized carbons (Fsp3) is 0.462. The Labute approximate surface area is 91.7 Å². The monoisotopic (exact) mass is 205 g/mol. The Kier molecular flexibility index (Phi) is 4.35. The number of anilines is 1. The zero-order valence-electron chi connectivity index (χ0n) is 9.71. The van der Waals surface area contributed by atoms with Gasteiger partial charge in [0.1, 0.15) is 0 Å². The minimum absolute atomic E-state index is 0.113. The zero-order valence-corrected chi connectivity index (χ0v) is 9.71. The molecule has 15 heavy (non-hydrogen) atoms. The Bertz CT molecular complexity index is 331. The minimum Gasteiger partial charge on any atom is -0.385 e. The quantitative estimate of drug-likeness (QED) is 0.747. The third-order valence-electron chi connectivity index (χ3n) is 2.32. The van der Waals surface area contributed by atoms with Crippen LogP contribution in [0, 0.1) is 5.92 Å². The highest BCUT2D eigenvalue weighted by molar-refractivity contribution is 5.94. The van der Waals surface area contributed by atoms with Crippen LogP contribution in [0.3, 0.4) is 0 Å². The average Bonchev–Trinajstić information content (AvgIpc) is 2.17. The maximum atomic E-state index is 11.2. The van der Waals surface area contributed by atoms with Crippen molar-refractivity contribution >= 4 is 11.5 Å². The number of rotatable bonds is 5. The summed E-state index contributed by atoms with van der Waals surface area (Å²) in [7, 11) is 0. The van der Waals surface area contributed by atoms with Gasteiger partial charge in [-0.1, -0.05) is 26.0 Å². The van der Waals surface area contributed by atoms with E-state index in [0.717, 1.165) is 24.2 Å². The average molecular weight is 205 g/mol. The van der Waals surface area contributed by atoms with Crippen LogP contribution in [0.25, 0.3) is 0 Å². The third kappa shape index (κ3) is 4.15. The number of nitrogens with one attached hydrogen (secondary N) is 1. The highest BCUT2D eigenvalue weighted by atomic mass is 16.1. The molecule has 2 heteroatoms. The predicted octanol–water partition coefficient (Wildman–Crippen LogP) is 3.35. The first-order valence-corrected chi connectivity index (χ1v) is 5.44. The number of ketones is 1. The van der Waals surface area contributed by atoms with Crippen LogP contribution >= 0.6 is 0 Å². The lowest BCUT2D eigenvalue weighted by molar-refractivity contribution is 0.101. The molecular formula is C13H19NO. The van der Waals surface area contributed by atoms with Crippen LogP contribution in [0.15, 0.2) is 24.3 Å². The molecule has 0 atom stereocenters. The van der Waals surface area contributed by atoms with Crippen molar-refractivity contribution in [1.82, 2.24) is 0 Å². The van der Waals surface area contributed by atoms with Gasteiger partial charge in [-0.05, 0) is 31.4 Å². The fourth-order valence-corrected chi connectivity index (χ4v) is 1.35. The van der Waals surface area contributed by atoms with Crippen molar-refractivity contribution in [1.29, 1.82) is 0 Å². The molecule has 0 radical (unpaired) electrons. The summed E-state index contributed by atoms with van der Waals surface area (Å²) in [6.45, 7) is 6.95. The van der Waals surface area contributed by atoms with Crippen molar-refractivity contribution in [2.24, 2.45) is 5.92 Å². The molecular weight excluding hydrogens is 186 g/mol. The molecule has 0 heterocycles. The first kappa shape index (κ1) is 11.8. The van der Waals surface area contributed by atoms with Gasteiger partial charge < -0.3 is 5.32 Å². The van der Waals surface area contributed by atoms with Gasteiger partial charge in [0.05, 0.1) is 0 Å². The molecule has 82 valence electrons. The van der Waals surface area contributed by atoms with E-state index in [4.69, 9.17) is 0 Å². The van der Waals surface area contributed by atoms with Crippen molar-refractivity contribution in [2.75, 3.05) is 11.9 Å². The van der Waals surface area contributed by atoms with Crippen LogP contribution < -0.4 is 5.32 Å². The van der Waals surface area contributed by atoms with Gasteiger partial charge in [0.2, 0.25) is 0 Å². The summed E-state index contributed by atoms with van der Waals surface area (Å²) in [5, 5.41) is 3.32. The number of carbonyl (C=O) groups excluding carboxylic acids is 1. The van der Waals surface area contributed by atoms with Gasteiger partial charge >= 0.3 is 0 Å². The first-order valence-electron chi connectivity index (χ1n) is 5.44. The molecule has 0 aliphatic carbocycles. The zero-order chi connectivity index (χ0) is 11.3. The minimum atomic E-state index is 0.113. The smallest absolute Gasteiger partial charge is 0.159 e. The lowest BCUT2D eigenvalue weighted by atomic mass is 10.1. The third-order valence-corrected chi connectivity index (χ3v) is 2.32. The van der Waals surface area contributed by atoms with Crippen LogP contribution in [0.1, 0.15) is 37.6 Å². The van der Waals surface area contributed by atoms with Gasteiger partial charge in [0.25, 0.3) is 0 Å². The first-order chi connectivity index (χ1) is 7.09. The molecule has 0 aliphatic heterocycles. The summed E-state index contributed by atoms with van der Waals surface area (Å²) in [6, 6.07) is 7.65. The molecule has 0 amide bonds. The van der Waals surface area contributed by atoms with Crippen molar-refractivity contribution in [3.63, 3.8) is 0 Å². The molecule has 1 aromatic carbocycles. The van der Waals surface area contributed by atoms with E-state index >= 15 is 0 Å². The van der Waals surface area contributed by atoms with E-state index in [1.54, 1.807) is 6.92 Å². The summed E-state index contributed by atoms with van der Waals surface area (Å²) < 4.78 is 0. The molecule has 0 saturated heterocycles. The maximum absolute atomic E-state index is 11.2. The lowest BCUT2D eigenvalue weighted by Crippen LogP contribution is -2.05. The predicted molar refractivity (Wildman–Crippen MR) is 64.4 cm³/mol. The van der Waals surface area contributed by atoms with E-state index in [9.17, 15) is 4.79 Å². The molecule has 0 spiro atoms. The Morgan fingerprint density at radius 1 is 1.40 bits per heavy atom. The van der Waals surface area contributed by atoms with Crippen molar-refractivity contribution < 1.29 is 4.79 Å². The van der Waals surface area contributed by atoms with E-state index in [1.165, 1.54) is 0 Å². The Hall–Kier alpha value is -1.31. The SMILES string of the molecule is CC(=O)c1cccc(NCCC(C)C)c1. The molecule has 0 unspecified atom stereocenters. The number of hydrogen-bond acceptors (Lipinski definition) is 2. The summed E-state index contributed by atoms with van der Waals surface area (Å²) >= 11 is 0.